The Hall–Kier alpha value is -3.87. The van der Waals surface area contributed by atoms with Crippen molar-refractivity contribution < 1.29 is 28.6 Å². The van der Waals surface area contributed by atoms with Crippen LogP contribution < -0.4 is 0 Å². The van der Waals surface area contributed by atoms with E-state index in [2.05, 4.69) is 0 Å². The quantitative estimate of drug-likeness (QED) is 0.245. The molecule has 1 atom stereocenters. The molecule has 0 bridgehead atoms. The van der Waals surface area contributed by atoms with Crippen molar-refractivity contribution >= 4 is 17.4 Å². The molecule has 194 valence electrons. The zero-order valence-electron chi connectivity index (χ0n) is 21.9. The third kappa shape index (κ3) is 4.90. The second-order valence-corrected chi connectivity index (χ2v) is 11.5. The molecule has 1 fully saturated rings. The van der Waals surface area contributed by atoms with E-state index >= 15 is 0 Å². The topological polar surface area (TPSA) is 91.0 Å². The van der Waals surface area contributed by atoms with Crippen LogP contribution in [0.1, 0.15) is 75.6 Å². The number of ketones is 1. The fourth-order valence-electron chi connectivity index (χ4n) is 4.68. The molecule has 1 aliphatic rings. The van der Waals surface area contributed by atoms with Crippen molar-refractivity contribution in [3.63, 3.8) is 0 Å². The summed E-state index contributed by atoms with van der Waals surface area (Å²) >= 11 is 0. The van der Waals surface area contributed by atoms with E-state index in [1.54, 1.807) is 24.3 Å². The summed E-state index contributed by atoms with van der Waals surface area (Å²) in [5.74, 6) is -1.89. The number of hydrogen-bond acceptors (Lipinski definition) is 5. The molecule has 37 heavy (non-hydrogen) atoms. The van der Waals surface area contributed by atoms with Gasteiger partial charge in [-0.05, 0) is 76.1 Å². The van der Waals surface area contributed by atoms with Crippen LogP contribution in [0.3, 0.4) is 0 Å². The number of phenols is 1. The summed E-state index contributed by atoms with van der Waals surface area (Å²) in [5.41, 5.74) is 1.08. The third-order valence-corrected chi connectivity index (χ3v) is 6.63. The van der Waals surface area contributed by atoms with E-state index < -0.39 is 40.1 Å². The molecule has 6 nitrogen and oxygen atoms in total. The fraction of sp³-hybridized carbons (Fsp3) is 0.333. The van der Waals surface area contributed by atoms with E-state index in [4.69, 9.17) is 4.42 Å². The molecule has 3 aromatic rings. The van der Waals surface area contributed by atoms with Crippen LogP contribution in [-0.2, 0) is 27.0 Å². The maximum Gasteiger partial charge on any atom is 0.296 e. The van der Waals surface area contributed by atoms with E-state index in [0.29, 0.717) is 22.5 Å². The summed E-state index contributed by atoms with van der Waals surface area (Å²) in [6, 6.07) is 11.1. The van der Waals surface area contributed by atoms with E-state index in [9.17, 15) is 24.2 Å². The van der Waals surface area contributed by atoms with Crippen LogP contribution >= 0.6 is 0 Å². The summed E-state index contributed by atoms with van der Waals surface area (Å²) in [4.78, 5) is 28.1. The van der Waals surface area contributed by atoms with E-state index in [1.165, 1.54) is 35.4 Å². The Bertz CT molecular complexity index is 1340. The van der Waals surface area contributed by atoms with Gasteiger partial charge >= 0.3 is 0 Å². The Kier molecular flexibility index (Phi) is 6.52. The molecule has 4 rings (SSSR count). The van der Waals surface area contributed by atoms with Gasteiger partial charge in [0.1, 0.15) is 23.1 Å². The SMILES string of the molecule is CC(C)(C)c1cc(C2C(=C(O)c3ccc(F)cc3)C(=O)C(=O)N2Cc2ccco2)cc(C(C)(C)C)c1O. The Morgan fingerprint density at radius 3 is 2.03 bits per heavy atom. The molecule has 1 unspecified atom stereocenters. The molecule has 0 spiro atoms. The first kappa shape index (κ1) is 26.2. The average Bonchev–Trinajstić information content (AvgIpc) is 3.40. The zero-order valence-corrected chi connectivity index (χ0v) is 21.9. The monoisotopic (exact) mass is 505 g/mol. The number of aliphatic hydroxyl groups excluding tert-OH is 1. The van der Waals surface area contributed by atoms with Crippen molar-refractivity contribution in [1.29, 1.82) is 0 Å². The van der Waals surface area contributed by atoms with Gasteiger partial charge in [-0.25, -0.2) is 4.39 Å². The van der Waals surface area contributed by atoms with Crippen molar-refractivity contribution in [2.24, 2.45) is 0 Å². The maximum atomic E-state index is 13.6. The molecule has 0 saturated carbocycles. The number of halogens is 1. The predicted octanol–water partition coefficient (Wildman–Crippen LogP) is 6.34. The van der Waals surface area contributed by atoms with Crippen LogP contribution in [0.15, 0.2) is 64.8 Å². The second kappa shape index (κ2) is 9.21. The lowest BCUT2D eigenvalue weighted by Gasteiger charge is -2.31. The third-order valence-electron chi connectivity index (χ3n) is 6.63. The highest BCUT2D eigenvalue weighted by atomic mass is 19.1. The molecule has 1 aliphatic heterocycles. The van der Waals surface area contributed by atoms with Crippen molar-refractivity contribution in [3.8, 4) is 5.75 Å². The molecule has 0 radical (unpaired) electrons. The van der Waals surface area contributed by atoms with E-state index in [-0.39, 0.29) is 23.4 Å². The largest absolute Gasteiger partial charge is 0.507 e. The number of nitrogens with zero attached hydrogens (tertiary/aromatic N) is 1. The number of hydrogen-bond donors (Lipinski definition) is 2. The van der Waals surface area contributed by atoms with Crippen molar-refractivity contribution in [2.45, 2.75) is 65.0 Å². The summed E-state index contributed by atoms with van der Waals surface area (Å²) in [5, 5.41) is 22.5. The Balaban J connectivity index is 2.02. The normalized spacial score (nSPS) is 18.0. The first-order valence-corrected chi connectivity index (χ1v) is 12.1. The molecule has 2 aromatic carbocycles. The molecule has 2 N–H and O–H groups in total. The number of amides is 1. The molecule has 1 amide bonds. The highest BCUT2D eigenvalue weighted by Gasteiger charge is 2.47. The zero-order chi connectivity index (χ0) is 27.3. The van der Waals surface area contributed by atoms with Crippen molar-refractivity contribution in [3.05, 3.63) is 94.2 Å². The van der Waals surface area contributed by atoms with E-state index in [0.717, 1.165) is 0 Å². The number of aromatic hydroxyl groups is 1. The molecule has 1 saturated heterocycles. The fourth-order valence-corrected chi connectivity index (χ4v) is 4.68. The molecule has 7 heteroatoms. The van der Waals surface area contributed by atoms with Gasteiger partial charge in [-0.3, -0.25) is 9.59 Å². The molecule has 0 aliphatic carbocycles. The number of phenolic OH excluding ortho intramolecular Hbond substituents is 1. The number of benzene rings is 2. The van der Waals surface area contributed by atoms with Gasteiger partial charge in [-0.15, -0.1) is 0 Å². The number of furan rings is 1. The molecular weight excluding hydrogens is 473 g/mol. The van der Waals surface area contributed by atoms with Gasteiger partial charge in [0.05, 0.1) is 24.4 Å². The standard InChI is InChI=1S/C30H32FNO5/c1-29(2,3)21-14-18(15-22(26(21)34)30(4,5)6)24-23(25(33)17-9-11-19(31)12-10-17)27(35)28(36)32(24)16-20-8-7-13-37-20/h7-15,24,33-34H,16H2,1-6H3. The van der Waals surface area contributed by atoms with Gasteiger partial charge in [0.15, 0.2) is 0 Å². The minimum atomic E-state index is -0.960. The Morgan fingerprint density at radius 1 is 0.973 bits per heavy atom. The maximum absolute atomic E-state index is 13.6. The number of likely N-dealkylation sites (tertiary alicyclic amines) is 1. The van der Waals surface area contributed by atoms with Gasteiger partial charge in [0.25, 0.3) is 11.7 Å². The van der Waals surface area contributed by atoms with Crippen LogP contribution in [0, 0.1) is 5.82 Å². The Labute approximate surface area is 216 Å². The van der Waals surface area contributed by atoms with Gasteiger partial charge in [0, 0.05) is 5.56 Å². The summed E-state index contributed by atoms with van der Waals surface area (Å²) in [7, 11) is 0. The Morgan fingerprint density at radius 2 is 1.54 bits per heavy atom. The van der Waals surface area contributed by atoms with Gasteiger partial charge < -0.3 is 19.5 Å². The average molecular weight is 506 g/mol. The van der Waals surface area contributed by atoms with E-state index in [1.807, 2.05) is 41.5 Å². The van der Waals surface area contributed by atoms with Gasteiger partial charge in [-0.2, -0.15) is 0 Å². The molecule has 1 aromatic heterocycles. The number of rotatable bonds is 4. The lowest BCUT2D eigenvalue weighted by Crippen LogP contribution is -2.29. The van der Waals surface area contributed by atoms with Crippen LogP contribution in [0.25, 0.3) is 5.76 Å². The number of aliphatic hydroxyl groups is 1. The second-order valence-electron chi connectivity index (χ2n) is 11.5. The minimum absolute atomic E-state index is 0.000976. The summed E-state index contributed by atoms with van der Waals surface area (Å²) in [6.45, 7) is 11.8. The van der Waals surface area contributed by atoms with Crippen molar-refractivity contribution in [1.82, 2.24) is 4.90 Å². The van der Waals surface area contributed by atoms with Crippen LogP contribution in [0.4, 0.5) is 4.39 Å². The minimum Gasteiger partial charge on any atom is -0.507 e. The molecular formula is C30H32FNO5. The predicted molar refractivity (Wildman–Crippen MR) is 138 cm³/mol. The summed E-state index contributed by atoms with van der Waals surface area (Å²) < 4.78 is 19.0. The molecule has 2 heterocycles. The first-order chi connectivity index (χ1) is 17.2. The first-order valence-electron chi connectivity index (χ1n) is 12.1. The lowest BCUT2D eigenvalue weighted by molar-refractivity contribution is -0.140. The number of carbonyl (C=O) groups is 2. The number of Topliss-reactive ketones (excluding diaryl/α,β-unsaturated/α-hetero) is 1. The highest BCUT2D eigenvalue weighted by molar-refractivity contribution is 6.46. The highest BCUT2D eigenvalue weighted by Crippen LogP contribution is 2.46. The van der Waals surface area contributed by atoms with Gasteiger partial charge in [-0.1, -0.05) is 41.5 Å². The van der Waals surface area contributed by atoms with Gasteiger partial charge in [0.2, 0.25) is 0 Å². The number of carbonyl (C=O) groups excluding carboxylic acids is 2. The van der Waals surface area contributed by atoms with Crippen LogP contribution in [-0.4, -0.2) is 26.8 Å². The smallest absolute Gasteiger partial charge is 0.296 e. The lowest BCUT2D eigenvalue weighted by atomic mass is 9.77. The van der Waals surface area contributed by atoms with Crippen LogP contribution in [0.5, 0.6) is 5.75 Å². The summed E-state index contributed by atoms with van der Waals surface area (Å²) in [6.07, 6.45) is 1.48. The van der Waals surface area contributed by atoms with Crippen LogP contribution in [0.2, 0.25) is 0 Å². The van der Waals surface area contributed by atoms with Crippen molar-refractivity contribution in [2.75, 3.05) is 0 Å².